The molecule has 48 heavy (non-hydrogen) atoms. The highest BCUT2D eigenvalue weighted by atomic mass is 35.5. The fourth-order valence-electron chi connectivity index (χ4n) is 6.21. The van der Waals surface area contributed by atoms with Crippen LogP contribution in [-0.4, -0.2) is 51.4 Å². The molecule has 246 valence electrons. The molecule has 2 aromatic carbocycles. The Morgan fingerprint density at radius 1 is 0.792 bits per heavy atom. The number of amides is 2. The molecule has 0 saturated carbocycles. The highest BCUT2D eigenvalue weighted by molar-refractivity contribution is 7.15. The van der Waals surface area contributed by atoms with E-state index in [0.717, 1.165) is 50.5 Å². The van der Waals surface area contributed by atoms with Crippen molar-refractivity contribution in [2.45, 2.75) is 50.9 Å². The zero-order valence-electron chi connectivity index (χ0n) is 25.9. The average molecular weight is 703 g/mol. The number of rotatable bonds is 11. The Labute approximate surface area is 290 Å². The smallest absolute Gasteiger partial charge is 0.262 e. The van der Waals surface area contributed by atoms with Crippen LogP contribution in [0.2, 0.25) is 10.0 Å². The molecule has 7 rings (SSSR count). The second kappa shape index (κ2) is 14.2. The van der Waals surface area contributed by atoms with Gasteiger partial charge >= 0.3 is 0 Å². The number of carbonyl (C=O) groups is 2. The van der Waals surface area contributed by atoms with Gasteiger partial charge in [0, 0.05) is 97.5 Å². The first-order valence-electron chi connectivity index (χ1n) is 15.9. The second-order valence-corrected chi connectivity index (χ2v) is 13.9. The lowest BCUT2D eigenvalue weighted by Gasteiger charge is -2.14. The number of pyridine rings is 1. The van der Waals surface area contributed by atoms with E-state index in [1.54, 1.807) is 23.7 Å². The van der Waals surface area contributed by atoms with Gasteiger partial charge in [0.05, 0.1) is 14.9 Å². The molecule has 13 heteroatoms. The number of nitrogens with one attached hydrogen (secondary N) is 4. The second-order valence-electron chi connectivity index (χ2n) is 12.1. The van der Waals surface area contributed by atoms with E-state index in [4.69, 9.17) is 23.2 Å². The van der Waals surface area contributed by atoms with Gasteiger partial charge in [-0.3, -0.25) is 18.8 Å². The predicted molar refractivity (Wildman–Crippen MR) is 189 cm³/mol. The molecule has 5 aromatic rings. The normalized spacial score (nSPS) is 17.6. The Bertz CT molecular complexity index is 2080. The van der Waals surface area contributed by atoms with Crippen molar-refractivity contribution in [3.8, 4) is 32.7 Å². The maximum atomic E-state index is 13.2. The van der Waals surface area contributed by atoms with Crippen LogP contribution in [0.4, 0.5) is 0 Å². The molecular formula is C35H33Cl2N7O3S. The third kappa shape index (κ3) is 6.87. The van der Waals surface area contributed by atoms with Gasteiger partial charge in [-0.2, -0.15) is 0 Å². The van der Waals surface area contributed by atoms with Gasteiger partial charge in [-0.05, 0) is 30.5 Å². The van der Waals surface area contributed by atoms with Crippen molar-refractivity contribution < 1.29 is 9.59 Å². The zero-order valence-corrected chi connectivity index (χ0v) is 28.2. The third-order valence-electron chi connectivity index (χ3n) is 8.74. The van der Waals surface area contributed by atoms with Crippen LogP contribution in [0.5, 0.6) is 0 Å². The van der Waals surface area contributed by atoms with Gasteiger partial charge in [0.15, 0.2) is 0 Å². The number of benzene rings is 2. The van der Waals surface area contributed by atoms with E-state index in [9.17, 15) is 14.4 Å². The molecule has 4 N–H and O–H groups in total. The summed E-state index contributed by atoms with van der Waals surface area (Å²) in [5.41, 5.74) is 4.97. The molecule has 10 nitrogen and oxygen atoms in total. The van der Waals surface area contributed by atoms with Gasteiger partial charge in [-0.1, -0.05) is 59.6 Å². The Balaban J connectivity index is 1.08. The minimum atomic E-state index is -0.151. The summed E-state index contributed by atoms with van der Waals surface area (Å²) in [6.45, 7) is 2.27. The monoisotopic (exact) mass is 701 g/mol. The number of hydrogen-bond donors (Lipinski definition) is 4. The van der Waals surface area contributed by atoms with Gasteiger partial charge in [0.1, 0.15) is 10.7 Å². The molecule has 0 radical (unpaired) electrons. The van der Waals surface area contributed by atoms with Crippen LogP contribution in [0.15, 0.2) is 71.9 Å². The van der Waals surface area contributed by atoms with Crippen LogP contribution < -0.4 is 26.8 Å². The lowest BCUT2D eigenvalue weighted by Crippen LogP contribution is -2.36. The van der Waals surface area contributed by atoms with Gasteiger partial charge in [0.2, 0.25) is 11.8 Å². The number of nitrogens with zero attached hydrogens (tertiary/aromatic N) is 3. The van der Waals surface area contributed by atoms with Gasteiger partial charge < -0.3 is 21.3 Å². The van der Waals surface area contributed by atoms with Crippen molar-refractivity contribution in [2.75, 3.05) is 13.1 Å². The molecule has 2 atom stereocenters. The van der Waals surface area contributed by atoms with E-state index in [1.165, 1.54) is 4.40 Å². The zero-order chi connectivity index (χ0) is 33.2. The summed E-state index contributed by atoms with van der Waals surface area (Å²) < 4.78 is 1.53. The summed E-state index contributed by atoms with van der Waals surface area (Å²) in [4.78, 5) is 46.2. The fraction of sp³-hybridized carbons (Fsp3) is 0.286. The van der Waals surface area contributed by atoms with E-state index < -0.39 is 0 Å². The first-order valence-corrected chi connectivity index (χ1v) is 17.4. The molecular weight excluding hydrogens is 669 g/mol. The first kappa shape index (κ1) is 32.4. The first-order chi connectivity index (χ1) is 23.3. The molecule has 2 aliphatic heterocycles. The molecule has 2 saturated heterocycles. The fourth-order valence-corrected chi connectivity index (χ4v) is 7.85. The van der Waals surface area contributed by atoms with Crippen LogP contribution in [0.25, 0.3) is 38.3 Å². The Hall–Kier alpha value is -4.13. The molecule has 2 aliphatic rings. The van der Waals surface area contributed by atoms with Crippen molar-refractivity contribution in [1.29, 1.82) is 0 Å². The molecule has 5 heterocycles. The van der Waals surface area contributed by atoms with Crippen LogP contribution >= 0.6 is 34.5 Å². The summed E-state index contributed by atoms with van der Waals surface area (Å²) in [6, 6.07) is 15.7. The SMILES string of the molecule is O=C1CC[C@H](CNCc2ncc(-c3cccc(-c4cccc(-c5ccn6c(=O)c(CNC[C@H]7CCC(=O)N7)cnc6c5)c4Cl)c3Cl)s2)N1. The largest absolute Gasteiger partial charge is 0.352 e. The van der Waals surface area contributed by atoms with E-state index in [0.29, 0.717) is 60.3 Å². The molecule has 0 unspecified atom stereocenters. The predicted octanol–water partition coefficient (Wildman–Crippen LogP) is 5.20. The van der Waals surface area contributed by atoms with Crippen molar-refractivity contribution in [2.24, 2.45) is 0 Å². The van der Waals surface area contributed by atoms with E-state index >= 15 is 0 Å². The molecule has 0 bridgehead atoms. The van der Waals surface area contributed by atoms with Gasteiger partial charge in [-0.15, -0.1) is 11.3 Å². The Kier molecular flexibility index (Phi) is 9.56. The van der Waals surface area contributed by atoms with Crippen LogP contribution in [-0.2, 0) is 22.7 Å². The minimum absolute atomic E-state index is 0.0652. The average Bonchev–Trinajstić information content (AvgIpc) is 3.84. The topological polar surface area (TPSA) is 130 Å². The van der Waals surface area contributed by atoms with E-state index in [-0.39, 0.29) is 29.5 Å². The lowest BCUT2D eigenvalue weighted by molar-refractivity contribution is -0.120. The summed E-state index contributed by atoms with van der Waals surface area (Å²) >= 11 is 15.7. The van der Waals surface area contributed by atoms with Crippen molar-refractivity contribution in [3.63, 3.8) is 0 Å². The standard InChI is InChI=1S/C35H33Cl2N7O3S/c36-33-24(20-11-12-44-29(13-20)40-15-21(35(44)47)14-38-16-22-7-9-30(45)42-22)3-1-4-25(33)26-5-2-6-27(34(26)37)28-18-41-32(48-28)19-39-17-23-8-10-31(46)43-23/h1-6,11-13,15,18,22-23,38-39H,7-10,14,16-17,19H2,(H,42,45)(H,43,46)/t22-,23-/m1/s1. The van der Waals surface area contributed by atoms with E-state index in [2.05, 4.69) is 31.2 Å². The molecule has 0 spiro atoms. The number of carbonyl (C=O) groups excluding carboxylic acids is 2. The number of halogens is 2. The van der Waals surface area contributed by atoms with Gasteiger partial charge in [-0.25, -0.2) is 9.97 Å². The maximum Gasteiger partial charge on any atom is 0.262 e. The van der Waals surface area contributed by atoms with Crippen LogP contribution in [0.1, 0.15) is 36.3 Å². The Morgan fingerprint density at radius 3 is 2.08 bits per heavy atom. The summed E-state index contributed by atoms with van der Waals surface area (Å²) in [6.07, 6.45) is 7.92. The number of fused-ring (bicyclic) bond motifs is 1. The quantitative estimate of drug-likeness (QED) is 0.149. The molecule has 0 aliphatic carbocycles. The lowest BCUT2D eigenvalue weighted by atomic mass is 9.97. The highest BCUT2D eigenvalue weighted by Gasteiger charge is 2.22. The summed E-state index contributed by atoms with van der Waals surface area (Å²) in [5.74, 6) is 0.173. The van der Waals surface area contributed by atoms with Crippen LogP contribution in [0, 0.1) is 0 Å². The van der Waals surface area contributed by atoms with Crippen molar-refractivity contribution >= 4 is 52.0 Å². The molecule has 3 aromatic heterocycles. The minimum Gasteiger partial charge on any atom is -0.352 e. The Morgan fingerprint density at radius 2 is 1.42 bits per heavy atom. The number of aromatic nitrogens is 3. The maximum absolute atomic E-state index is 13.2. The molecule has 2 amide bonds. The van der Waals surface area contributed by atoms with Crippen molar-refractivity contribution in [3.05, 3.63) is 98.1 Å². The molecule has 2 fully saturated rings. The van der Waals surface area contributed by atoms with Gasteiger partial charge in [0.25, 0.3) is 5.56 Å². The van der Waals surface area contributed by atoms with Crippen molar-refractivity contribution in [1.82, 2.24) is 35.6 Å². The number of thiazole rings is 1. The summed E-state index contributed by atoms with van der Waals surface area (Å²) in [7, 11) is 0. The number of hydrogen-bond acceptors (Lipinski definition) is 8. The third-order valence-corrected chi connectivity index (χ3v) is 10.6. The van der Waals surface area contributed by atoms with Crippen LogP contribution in [0.3, 0.4) is 0 Å². The van der Waals surface area contributed by atoms with E-state index in [1.807, 2.05) is 54.7 Å². The highest BCUT2D eigenvalue weighted by Crippen LogP contribution is 2.43. The summed E-state index contributed by atoms with van der Waals surface area (Å²) in [5, 5.41) is 14.6.